The van der Waals surface area contributed by atoms with Gasteiger partial charge in [0.2, 0.25) is 0 Å². The minimum Gasteiger partial charge on any atom is -0.491 e. The van der Waals surface area contributed by atoms with Crippen LogP contribution in [0, 0.1) is 0 Å². The first-order valence-corrected chi connectivity index (χ1v) is 7.91. The molecule has 0 heterocycles. The van der Waals surface area contributed by atoms with Gasteiger partial charge in [0.1, 0.15) is 0 Å². The van der Waals surface area contributed by atoms with Gasteiger partial charge in [-0.15, -0.1) is 0 Å². The molecule has 22 heavy (non-hydrogen) atoms. The third-order valence-corrected chi connectivity index (χ3v) is 3.76. The Labute approximate surface area is 140 Å². The summed E-state index contributed by atoms with van der Waals surface area (Å²) in [7, 11) is 0. The molecule has 3 nitrogen and oxygen atoms in total. The van der Waals surface area contributed by atoms with Gasteiger partial charge in [-0.25, -0.2) is 0 Å². The molecule has 2 N–H and O–H groups in total. The molecule has 118 valence electrons. The lowest BCUT2D eigenvalue weighted by molar-refractivity contribution is 0.174. The van der Waals surface area contributed by atoms with Crippen molar-refractivity contribution in [3.05, 3.63) is 63.6 Å². The van der Waals surface area contributed by atoms with E-state index in [2.05, 4.69) is 5.32 Å². The van der Waals surface area contributed by atoms with Crippen molar-refractivity contribution in [1.82, 2.24) is 5.32 Å². The Morgan fingerprint density at radius 1 is 1.14 bits per heavy atom. The maximum Gasteiger partial charge on any atom is 0.156 e. The zero-order chi connectivity index (χ0) is 15.9. The molecule has 2 aromatic rings. The number of halogens is 2. The average Bonchev–Trinajstić information content (AvgIpc) is 2.51. The zero-order valence-electron chi connectivity index (χ0n) is 12.4. The predicted octanol–water partition coefficient (Wildman–Crippen LogP) is 4.22. The van der Waals surface area contributed by atoms with Crippen LogP contribution in [0.3, 0.4) is 0 Å². The highest BCUT2D eigenvalue weighted by molar-refractivity contribution is 6.37. The number of ether oxygens (including phenoxy) is 1. The van der Waals surface area contributed by atoms with E-state index in [1.807, 2.05) is 49.4 Å². The van der Waals surface area contributed by atoms with E-state index in [-0.39, 0.29) is 0 Å². The number of hydrogen-bond acceptors (Lipinski definition) is 3. The van der Waals surface area contributed by atoms with Crippen molar-refractivity contribution in [3.63, 3.8) is 0 Å². The number of nitrogens with one attached hydrogen (secondary N) is 1. The Balaban J connectivity index is 1.92. The van der Waals surface area contributed by atoms with Gasteiger partial charge in [0.05, 0.1) is 22.8 Å². The van der Waals surface area contributed by atoms with E-state index in [1.165, 1.54) is 0 Å². The van der Waals surface area contributed by atoms with Gasteiger partial charge in [-0.2, -0.15) is 0 Å². The second-order valence-electron chi connectivity index (χ2n) is 4.88. The van der Waals surface area contributed by atoms with Crippen molar-refractivity contribution in [2.75, 3.05) is 13.2 Å². The number of rotatable bonds is 7. The van der Waals surface area contributed by atoms with Crippen molar-refractivity contribution in [2.45, 2.75) is 19.6 Å². The minimum absolute atomic E-state index is 0.451. The van der Waals surface area contributed by atoms with E-state index >= 15 is 0 Å². The van der Waals surface area contributed by atoms with Gasteiger partial charge in [0.15, 0.2) is 5.75 Å². The molecular weight excluding hydrogens is 321 g/mol. The fourth-order valence-electron chi connectivity index (χ4n) is 2.14. The first-order valence-electron chi connectivity index (χ1n) is 7.16. The Bertz CT molecular complexity index is 582. The molecule has 2 aromatic carbocycles. The highest BCUT2D eigenvalue weighted by Crippen LogP contribution is 2.34. The number of aliphatic hydroxyl groups excluding tert-OH is 1. The largest absolute Gasteiger partial charge is 0.491 e. The molecule has 0 fully saturated rings. The standard InChI is InChI=1S/C17H19Cl2NO2/c1-2-22-17-14(18)8-12(9-15(17)19)10-20-11-16(21)13-6-4-3-5-7-13/h3-9,16,20-21H,2,10-11H2,1H3/t16-/m0/s1. The first kappa shape index (κ1) is 17.1. The van der Waals surface area contributed by atoms with Crippen LogP contribution in [0.25, 0.3) is 0 Å². The van der Waals surface area contributed by atoms with Crippen molar-refractivity contribution in [1.29, 1.82) is 0 Å². The summed E-state index contributed by atoms with van der Waals surface area (Å²) < 4.78 is 5.40. The summed E-state index contributed by atoms with van der Waals surface area (Å²) in [5, 5.41) is 14.3. The van der Waals surface area contributed by atoms with Crippen LogP contribution < -0.4 is 10.1 Å². The molecule has 5 heteroatoms. The van der Waals surface area contributed by atoms with Crippen molar-refractivity contribution in [2.24, 2.45) is 0 Å². The molecule has 0 spiro atoms. The second kappa shape index (κ2) is 8.39. The van der Waals surface area contributed by atoms with Gasteiger partial charge in [-0.1, -0.05) is 53.5 Å². The number of aliphatic hydroxyl groups is 1. The molecule has 0 saturated heterocycles. The van der Waals surface area contributed by atoms with Gasteiger partial charge < -0.3 is 15.2 Å². The molecule has 0 aliphatic rings. The van der Waals surface area contributed by atoms with Gasteiger partial charge in [0.25, 0.3) is 0 Å². The second-order valence-corrected chi connectivity index (χ2v) is 5.69. The van der Waals surface area contributed by atoms with E-state index in [9.17, 15) is 5.11 Å². The quantitative estimate of drug-likeness (QED) is 0.793. The molecule has 2 rings (SSSR count). The molecule has 0 unspecified atom stereocenters. The first-order chi connectivity index (χ1) is 10.6. The summed E-state index contributed by atoms with van der Waals surface area (Å²) >= 11 is 12.3. The molecule has 0 saturated carbocycles. The van der Waals surface area contributed by atoms with E-state index < -0.39 is 6.10 Å². The SMILES string of the molecule is CCOc1c(Cl)cc(CNC[C@H](O)c2ccccc2)cc1Cl. The molecule has 0 radical (unpaired) electrons. The summed E-state index contributed by atoms with van der Waals surface area (Å²) in [4.78, 5) is 0. The fraction of sp³-hybridized carbons (Fsp3) is 0.294. The highest BCUT2D eigenvalue weighted by Gasteiger charge is 2.10. The van der Waals surface area contributed by atoms with Crippen LogP contribution in [-0.4, -0.2) is 18.3 Å². The van der Waals surface area contributed by atoms with Crippen LogP contribution in [0.1, 0.15) is 24.2 Å². The highest BCUT2D eigenvalue weighted by atomic mass is 35.5. The summed E-state index contributed by atoms with van der Waals surface area (Å²) in [5.41, 5.74) is 1.83. The van der Waals surface area contributed by atoms with E-state index in [0.29, 0.717) is 35.5 Å². The fourth-order valence-corrected chi connectivity index (χ4v) is 2.78. The molecule has 0 bridgehead atoms. The van der Waals surface area contributed by atoms with Crippen molar-refractivity contribution < 1.29 is 9.84 Å². The van der Waals surface area contributed by atoms with Crippen LogP contribution in [0.4, 0.5) is 0 Å². The smallest absolute Gasteiger partial charge is 0.156 e. The van der Waals surface area contributed by atoms with Crippen molar-refractivity contribution >= 4 is 23.2 Å². The third kappa shape index (κ3) is 4.62. The maximum absolute atomic E-state index is 10.1. The average molecular weight is 340 g/mol. The Morgan fingerprint density at radius 2 is 1.77 bits per heavy atom. The lowest BCUT2D eigenvalue weighted by Crippen LogP contribution is -2.21. The lowest BCUT2D eigenvalue weighted by Gasteiger charge is -2.14. The zero-order valence-corrected chi connectivity index (χ0v) is 13.9. The predicted molar refractivity (Wildman–Crippen MR) is 90.7 cm³/mol. The van der Waals surface area contributed by atoms with Gasteiger partial charge in [-0.05, 0) is 30.2 Å². The number of benzene rings is 2. The van der Waals surface area contributed by atoms with Gasteiger partial charge >= 0.3 is 0 Å². The summed E-state index contributed by atoms with van der Waals surface area (Å²) in [5.74, 6) is 0.513. The Kier molecular flexibility index (Phi) is 6.52. The topological polar surface area (TPSA) is 41.5 Å². The molecular formula is C17H19Cl2NO2. The molecule has 0 aliphatic heterocycles. The molecule has 0 aromatic heterocycles. The molecule has 0 aliphatic carbocycles. The third-order valence-electron chi connectivity index (χ3n) is 3.20. The van der Waals surface area contributed by atoms with Crippen LogP contribution >= 0.6 is 23.2 Å². The maximum atomic E-state index is 10.1. The Hall–Kier alpha value is -1.26. The minimum atomic E-state index is -0.546. The molecule has 1 atom stereocenters. The summed E-state index contributed by atoms with van der Waals surface area (Å²) in [6, 6.07) is 13.2. The van der Waals surface area contributed by atoms with Crippen molar-refractivity contribution in [3.8, 4) is 5.75 Å². The Morgan fingerprint density at radius 3 is 2.36 bits per heavy atom. The van der Waals surface area contributed by atoms with Crippen LogP contribution in [0.15, 0.2) is 42.5 Å². The van der Waals surface area contributed by atoms with E-state index in [0.717, 1.165) is 11.1 Å². The van der Waals surface area contributed by atoms with Crippen LogP contribution in [0.5, 0.6) is 5.75 Å². The molecule has 0 amide bonds. The van der Waals surface area contributed by atoms with Crippen LogP contribution in [-0.2, 0) is 6.54 Å². The van der Waals surface area contributed by atoms with E-state index in [1.54, 1.807) is 0 Å². The summed E-state index contributed by atoms with van der Waals surface area (Å²) in [6.07, 6.45) is -0.546. The van der Waals surface area contributed by atoms with Crippen LogP contribution in [0.2, 0.25) is 10.0 Å². The van der Waals surface area contributed by atoms with Gasteiger partial charge in [0, 0.05) is 13.1 Å². The summed E-state index contributed by atoms with van der Waals surface area (Å²) in [6.45, 7) is 3.41. The normalized spacial score (nSPS) is 12.2. The number of hydrogen-bond donors (Lipinski definition) is 2. The van der Waals surface area contributed by atoms with Gasteiger partial charge in [-0.3, -0.25) is 0 Å². The van der Waals surface area contributed by atoms with E-state index in [4.69, 9.17) is 27.9 Å². The lowest BCUT2D eigenvalue weighted by atomic mass is 10.1. The monoisotopic (exact) mass is 339 g/mol.